The van der Waals surface area contributed by atoms with Gasteiger partial charge in [0.05, 0.1) is 6.61 Å². The van der Waals surface area contributed by atoms with Gasteiger partial charge < -0.3 is 25.5 Å². The summed E-state index contributed by atoms with van der Waals surface area (Å²) in [5, 5.41) is 11.5. The van der Waals surface area contributed by atoms with Crippen LogP contribution in [0.5, 0.6) is 0 Å². The van der Waals surface area contributed by atoms with Gasteiger partial charge in [0.2, 0.25) is 0 Å². The van der Waals surface area contributed by atoms with Gasteiger partial charge in [0, 0.05) is 39.7 Å². The SMILES string of the molecule is COCCN(CCC(N)=NO)C(=O)N1CCC(C)CC1. The quantitative estimate of drug-likeness (QED) is 0.329. The number of oxime groups is 1. The lowest BCUT2D eigenvalue weighted by atomic mass is 9.99. The number of rotatable bonds is 6. The molecule has 0 bridgehead atoms. The highest BCUT2D eigenvalue weighted by Gasteiger charge is 2.24. The molecule has 2 amide bonds. The number of amides is 2. The molecule has 7 heteroatoms. The zero-order valence-electron chi connectivity index (χ0n) is 12.4. The zero-order valence-corrected chi connectivity index (χ0v) is 12.4. The number of hydrogen-bond donors (Lipinski definition) is 2. The third-order valence-corrected chi connectivity index (χ3v) is 3.66. The molecule has 1 aliphatic rings. The number of nitrogens with zero attached hydrogens (tertiary/aromatic N) is 3. The molecule has 0 aliphatic carbocycles. The summed E-state index contributed by atoms with van der Waals surface area (Å²) >= 11 is 0. The van der Waals surface area contributed by atoms with Crippen molar-refractivity contribution in [3.8, 4) is 0 Å². The number of methoxy groups -OCH3 is 1. The van der Waals surface area contributed by atoms with Crippen LogP contribution >= 0.6 is 0 Å². The van der Waals surface area contributed by atoms with Crippen molar-refractivity contribution in [1.29, 1.82) is 0 Å². The fourth-order valence-corrected chi connectivity index (χ4v) is 2.20. The fourth-order valence-electron chi connectivity index (χ4n) is 2.20. The summed E-state index contributed by atoms with van der Waals surface area (Å²) in [5.74, 6) is 0.816. The molecule has 0 aromatic carbocycles. The number of amidine groups is 1. The van der Waals surface area contributed by atoms with Crippen LogP contribution in [-0.2, 0) is 4.74 Å². The lowest BCUT2D eigenvalue weighted by Crippen LogP contribution is -2.48. The van der Waals surface area contributed by atoms with E-state index < -0.39 is 0 Å². The Bertz CT molecular complexity index is 328. The predicted molar refractivity (Wildman–Crippen MR) is 76.8 cm³/mol. The van der Waals surface area contributed by atoms with E-state index in [9.17, 15) is 4.79 Å². The molecular formula is C13H26N4O3. The van der Waals surface area contributed by atoms with Gasteiger partial charge in [0.25, 0.3) is 0 Å². The summed E-state index contributed by atoms with van der Waals surface area (Å²) in [5.41, 5.74) is 5.46. The highest BCUT2D eigenvalue weighted by atomic mass is 16.5. The Hall–Kier alpha value is -1.50. The van der Waals surface area contributed by atoms with E-state index in [1.807, 2.05) is 4.90 Å². The van der Waals surface area contributed by atoms with Crippen molar-refractivity contribution in [2.45, 2.75) is 26.2 Å². The summed E-state index contributed by atoms with van der Waals surface area (Å²) in [6.07, 6.45) is 2.45. The Labute approximate surface area is 120 Å². The number of hydrogen-bond acceptors (Lipinski definition) is 4. The molecule has 0 radical (unpaired) electrons. The Morgan fingerprint density at radius 1 is 1.45 bits per heavy atom. The van der Waals surface area contributed by atoms with E-state index in [4.69, 9.17) is 15.7 Å². The molecule has 0 atom stereocenters. The van der Waals surface area contributed by atoms with Crippen LogP contribution in [0.1, 0.15) is 26.2 Å². The fraction of sp³-hybridized carbons (Fsp3) is 0.846. The maximum Gasteiger partial charge on any atom is 0.320 e. The normalized spacial score (nSPS) is 17.3. The van der Waals surface area contributed by atoms with Crippen LogP contribution in [0, 0.1) is 5.92 Å². The molecule has 20 heavy (non-hydrogen) atoms. The van der Waals surface area contributed by atoms with Crippen molar-refractivity contribution in [3.05, 3.63) is 0 Å². The van der Waals surface area contributed by atoms with Gasteiger partial charge in [0.15, 0.2) is 0 Å². The van der Waals surface area contributed by atoms with Crippen LogP contribution in [0.25, 0.3) is 0 Å². The van der Waals surface area contributed by atoms with E-state index in [1.54, 1.807) is 12.0 Å². The molecule has 1 rings (SSSR count). The monoisotopic (exact) mass is 286 g/mol. The Kier molecular flexibility index (Phi) is 7.14. The minimum absolute atomic E-state index is 0.0136. The number of piperidine rings is 1. The van der Waals surface area contributed by atoms with Crippen molar-refractivity contribution < 1.29 is 14.7 Å². The summed E-state index contributed by atoms with van der Waals surface area (Å²) in [6, 6.07) is 0.0136. The summed E-state index contributed by atoms with van der Waals surface area (Å²) in [4.78, 5) is 16.0. The highest BCUT2D eigenvalue weighted by Crippen LogP contribution is 2.17. The lowest BCUT2D eigenvalue weighted by molar-refractivity contribution is 0.115. The standard InChI is InChI=1S/C13H26N4O3/c1-11-3-6-16(7-4-11)13(18)17(9-10-20-2)8-5-12(14)15-19/h11,19H,3-10H2,1-2H3,(H2,14,15). The number of ether oxygens (including phenoxy) is 1. The van der Waals surface area contributed by atoms with Crippen molar-refractivity contribution in [1.82, 2.24) is 9.80 Å². The van der Waals surface area contributed by atoms with E-state index in [0.717, 1.165) is 25.9 Å². The average Bonchev–Trinajstić information content (AvgIpc) is 2.47. The van der Waals surface area contributed by atoms with Gasteiger partial charge in [-0.05, 0) is 18.8 Å². The molecule has 7 nitrogen and oxygen atoms in total. The molecular weight excluding hydrogens is 260 g/mol. The first kappa shape index (κ1) is 16.6. The first-order chi connectivity index (χ1) is 9.58. The molecule has 116 valence electrons. The zero-order chi connectivity index (χ0) is 15.0. The number of likely N-dealkylation sites (tertiary alicyclic amines) is 1. The number of nitrogens with two attached hydrogens (primary N) is 1. The maximum absolute atomic E-state index is 12.5. The summed E-state index contributed by atoms with van der Waals surface area (Å²) in [6.45, 7) is 5.24. The summed E-state index contributed by atoms with van der Waals surface area (Å²) < 4.78 is 5.04. The van der Waals surface area contributed by atoms with Crippen LogP contribution in [0.3, 0.4) is 0 Å². The van der Waals surface area contributed by atoms with Crippen LogP contribution < -0.4 is 5.73 Å². The van der Waals surface area contributed by atoms with Crippen LogP contribution in [-0.4, -0.2) is 66.8 Å². The molecule has 0 spiro atoms. The van der Waals surface area contributed by atoms with Crippen molar-refractivity contribution >= 4 is 11.9 Å². The largest absolute Gasteiger partial charge is 0.409 e. The Balaban J connectivity index is 2.54. The van der Waals surface area contributed by atoms with Crippen molar-refractivity contribution in [2.75, 3.05) is 39.9 Å². The lowest BCUT2D eigenvalue weighted by Gasteiger charge is -2.34. The van der Waals surface area contributed by atoms with Gasteiger partial charge in [-0.2, -0.15) is 0 Å². The second-order valence-electron chi connectivity index (χ2n) is 5.27. The van der Waals surface area contributed by atoms with Gasteiger partial charge in [-0.15, -0.1) is 0 Å². The van der Waals surface area contributed by atoms with Crippen molar-refractivity contribution in [3.63, 3.8) is 0 Å². The molecule has 0 aromatic heterocycles. The van der Waals surface area contributed by atoms with Gasteiger partial charge in [-0.25, -0.2) is 4.79 Å². The molecule has 0 saturated carbocycles. The predicted octanol–water partition coefficient (Wildman–Crippen LogP) is 0.923. The van der Waals surface area contributed by atoms with Crippen molar-refractivity contribution in [2.24, 2.45) is 16.8 Å². The van der Waals surface area contributed by atoms with Gasteiger partial charge in [-0.3, -0.25) is 0 Å². The number of carbonyl (C=O) groups is 1. The second-order valence-corrected chi connectivity index (χ2v) is 5.27. The molecule has 1 fully saturated rings. The third-order valence-electron chi connectivity index (χ3n) is 3.66. The van der Waals surface area contributed by atoms with Gasteiger partial charge in [-0.1, -0.05) is 12.1 Å². The Morgan fingerprint density at radius 3 is 2.65 bits per heavy atom. The number of urea groups is 1. The third kappa shape index (κ3) is 5.24. The minimum Gasteiger partial charge on any atom is -0.409 e. The van der Waals surface area contributed by atoms with E-state index in [2.05, 4.69) is 12.1 Å². The first-order valence-electron chi connectivity index (χ1n) is 7.07. The van der Waals surface area contributed by atoms with Gasteiger partial charge in [0.1, 0.15) is 5.84 Å². The summed E-state index contributed by atoms with van der Waals surface area (Å²) in [7, 11) is 1.61. The van der Waals surface area contributed by atoms with E-state index >= 15 is 0 Å². The maximum atomic E-state index is 12.5. The minimum atomic E-state index is 0.0136. The molecule has 1 saturated heterocycles. The molecule has 1 aliphatic heterocycles. The molecule has 3 N–H and O–H groups in total. The smallest absolute Gasteiger partial charge is 0.320 e. The topological polar surface area (TPSA) is 91.4 Å². The molecule has 0 aromatic rings. The van der Waals surface area contributed by atoms with Crippen LogP contribution in [0.15, 0.2) is 5.16 Å². The van der Waals surface area contributed by atoms with E-state index in [1.165, 1.54) is 0 Å². The average molecular weight is 286 g/mol. The highest BCUT2D eigenvalue weighted by molar-refractivity contribution is 5.81. The first-order valence-corrected chi connectivity index (χ1v) is 7.07. The Morgan fingerprint density at radius 2 is 2.10 bits per heavy atom. The van der Waals surface area contributed by atoms with E-state index in [-0.39, 0.29) is 11.9 Å². The van der Waals surface area contributed by atoms with Gasteiger partial charge >= 0.3 is 6.03 Å². The molecule has 0 unspecified atom stereocenters. The van der Waals surface area contributed by atoms with Crippen LogP contribution in [0.2, 0.25) is 0 Å². The van der Waals surface area contributed by atoms with E-state index in [0.29, 0.717) is 32.0 Å². The second kappa shape index (κ2) is 8.63. The molecule has 1 heterocycles. The van der Waals surface area contributed by atoms with Crippen LogP contribution in [0.4, 0.5) is 4.79 Å². The number of carbonyl (C=O) groups excluding carboxylic acids is 1.